The van der Waals surface area contributed by atoms with E-state index in [2.05, 4.69) is 10.3 Å². The average molecular weight is 420 g/mol. The molecule has 1 atom stereocenters. The molecule has 148 valence electrons. The predicted octanol–water partition coefficient (Wildman–Crippen LogP) is 5.00. The number of halogens is 2. The summed E-state index contributed by atoms with van der Waals surface area (Å²) in [5.74, 6) is 0.676. The van der Waals surface area contributed by atoms with Gasteiger partial charge in [-0.3, -0.25) is 4.79 Å². The molecule has 0 spiro atoms. The van der Waals surface area contributed by atoms with E-state index in [1.54, 1.807) is 12.5 Å². The number of benzene rings is 2. The highest BCUT2D eigenvalue weighted by molar-refractivity contribution is 6.30. The van der Waals surface area contributed by atoms with Crippen molar-refractivity contribution in [3.8, 4) is 5.75 Å². The number of carbonyl (C=O) groups is 1. The van der Waals surface area contributed by atoms with Crippen molar-refractivity contribution in [1.29, 1.82) is 0 Å². The van der Waals surface area contributed by atoms with E-state index in [4.69, 9.17) is 16.3 Å². The number of carbonyl (C=O) groups excluding carboxylic acids is 1. The number of nitrogens with one attached hydrogen (secondary N) is 1. The van der Waals surface area contributed by atoms with Crippen molar-refractivity contribution < 1.29 is 9.53 Å². The Hall–Kier alpha value is -2.50. The predicted molar refractivity (Wildman–Crippen MR) is 114 cm³/mol. The van der Waals surface area contributed by atoms with Gasteiger partial charge in [-0.05, 0) is 54.8 Å². The second-order valence-electron chi connectivity index (χ2n) is 6.37. The monoisotopic (exact) mass is 419 g/mol. The fourth-order valence-electron chi connectivity index (χ4n) is 2.81. The summed E-state index contributed by atoms with van der Waals surface area (Å²) in [6.07, 6.45) is 7.21. The number of nitrogens with zero attached hydrogens (tertiary/aromatic N) is 2. The second kappa shape index (κ2) is 10.7. The first-order valence-electron chi connectivity index (χ1n) is 8.83. The van der Waals surface area contributed by atoms with Crippen LogP contribution in [0.25, 0.3) is 0 Å². The van der Waals surface area contributed by atoms with Crippen molar-refractivity contribution in [2.45, 2.75) is 32.4 Å². The molecule has 0 radical (unpaired) electrons. The van der Waals surface area contributed by atoms with Crippen molar-refractivity contribution >= 4 is 35.6 Å². The Bertz CT molecular complexity index is 850. The molecule has 2 aromatic carbocycles. The topological polar surface area (TPSA) is 56.1 Å². The van der Waals surface area contributed by atoms with Crippen LogP contribution in [-0.4, -0.2) is 21.6 Å². The Labute approximate surface area is 176 Å². The number of anilines is 1. The SMILES string of the molecule is CC(=O)Nc1ccc(OC(CCc2ccc(Cl)cc2)Cn2ccnc2)cc1.Cl. The Morgan fingerprint density at radius 2 is 1.89 bits per heavy atom. The zero-order valence-corrected chi connectivity index (χ0v) is 17.1. The van der Waals surface area contributed by atoms with E-state index in [1.165, 1.54) is 12.5 Å². The number of hydrogen-bond acceptors (Lipinski definition) is 3. The summed E-state index contributed by atoms with van der Waals surface area (Å²) in [5.41, 5.74) is 1.97. The Morgan fingerprint density at radius 1 is 1.18 bits per heavy atom. The number of rotatable bonds is 8. The van der Waals surface area contributed by atoms with Gasteiger partial charge >= 0.3 is 0 Å². The van der Waals surface area contributed by atoms with Gasteiger partial charge in [0.05, 0.1) is 12.9 Å². The minimum atomic E-state index is -0.0929. The molecule has 5 nitrogen and oxygen atoms in total. The normalized spacial score (nSPS) is 11.4. The molecular formula is C21H23Cl2N3O2. The molecule has 0 saturated heterocycles. The summed E-state index contributed by atoms with van der Waals surface area (Å²) in [6.45, 7) is 2.20. The van der Waals surface area contributed by atoms with Crippen LogP contribution in [0.4, 0.5) is 5.69 Å². The second-order valence-corrected chi connectivity index (χ2v) is 6.81. The van der Waals surface area contributed by atoms with Crippen molar-refractivity contribution in [3.05, 3.63) is 77.8 Å². The summed E-state index contributed by atoms with van der Waals surface area (Å²) in [5, 5.41) is 3.50. The molecular weight excluding hydrogens is 397 g/mol. The number of ether oxygens (including phenoxy) is 1. The molecule has 1 heterocycles. The first-order chi connectivity index (χ1) is 13.1. The van der Waals surface area contributed by atoms with Crippen molar-refractivity contribution in [3.63, 3.8) is 0 Å². The van der Waals surface area contributed by atoms with E-state index in [1.807, 2.05) is 59.3 Å². The molecule has 3 aromatic rings. The van der Waals surface area contributed by atoms with E-state index in [-0.39, 0.29) is 24.4 Å². The van der Waals surface area contributed by atoms with Gasteiger partial charge in [-0.2, -0.15) is 0 Å². The molecule has 1 aromatic heterocycles. The van der Waals surface area contributed by atoms with Gasteiger partial charge in [-0.15, -0.1) is 12.4 Å². The molecule has 0 saturated carbocycles. The Balaban J connectivity index is 0.00000280. The summed E-state index contributed by atoms with van der Waals surface area (Å²) in [7, 11) is 0. The first kappa shape index (κ1) is 21.8. The molecule has 28 heavy (non-hydrogen) atoms. The van der Waals surface area contributed by atoms with Crippen LogP contribution < -0.4 is 10.1 Å². The van der Waals surface area contributed by atoms with Crippen molar-refractivity contribution in [2.75, 3.05) is 5.32 Å². The van der Waals surface area contributed by atoms with Gasteiger partial charge in [-0.25, -0.2) is 4.98 Å². The summed E-state index contributed by atoms with van der Waals surface area (Å²) in [6, 6.07) is 15.3. The van der Waals surface area contributed by atoms with Crippen LogP contribution in [0.5, 0.6) is 5.75 Å². The zero-order chi connectivity index (χ0) is 19.1. The average Bonchev–Trinajstić information content (AvgIpc) is 3.15. The molecule has 0 aliphatic carbocycles. The molecule has 1 unspecified atom stereocenters. The third kappa shape index (κ3) is 6.91. The first-order valence-corrected chi connectivity index (χ1v) is 9.21. The minimum absolute atomic E-state index is 0. The van der Waals surface area contributed by atoms with Crippen LogP contribution in [-0.2, 0) is 17.8 Å². The fourth-order valence-corrected chi connectivity index (χ4v) is 2.93. The molecule has 1 amide bonds. The Kier molecular flexibility index (Phi) is 8.36. The smallest absolute Gasteiger partial charge is 0.221 e. The number of aryl methyl sites for hydroxylation is 1. The van der Waals surface area contributed by atoms with Crippen LogP contribution in [0, 0.1) is 0 Å². The van der Waals surface area contributed by atoms with Crippen molar-refractivity contribution in [2.24, 2.45) is 0 Å². The summed E-state index contributed by atoms with van der Waals surface area (Å²) >= 11 is 5.96. The van der Waals surface area contributed by atoms with E-state index < -0.39 is 0 Å². The van der Waals surface area contributed by atoms with E-state index in [9.17, 15) is 4.79 Å². The number of amides is 1. The van der Waals surface area contributed by atoms with Gasteiger partial charge in [0.2, 0.25) is 5.91 Å². The van der Waals surface area contributed by atoms with Gasteiger partial charge in [0.15, 0.2) is 0 Å². The molecule has 0 aliphatic heterocycles. The van der Waals surface area contributed by atoms with E-state index >= 15 is 0 Å². The largest absolute Gasteiger partial charge is 0.489 e. The maximum Gasteiger partial charge on any atom is 0.221 e. The molecule has 0 bridgehead atoms. The lowest BCUT2D eigenvalue weighted by molar-refractivity contribution is -0.114. The molecule has 1 N–H and O–H groups in total. The third-order valence-electron chi connectivity index (χ3n) is 4.12. The van der Waals surface area contributed by atoms with Gasteiger partial charge in [0, 0.05) is 30.0 Å². The van der Waals surface area contributed by atoms with Crippen LogP contribution in [0.3, 0.4) is 0 Å². The number of imidazole rings is 1. The van der Waals surface area contributed by atoms with Crippen LogP contribution in [0.2, 0.25) is 5.02 Å². The minimum Gasteiger partial charge on any atom is -0.489 e. The maximum absolute atomic E-state index is 11.1. The highest BCUT2D eigenvalue weighted by Crippen LogP contribution is 2.20. The zero-order valence-electron chi connectivity index (χ0n) is 15.5. The van der Waals surface area contributed by atoms with Gasteiger partial charge in [-0.1, -0.05) is 23.7 Å². The number of aromatic nitrogens is 2. The quantitative estimate of drug-likeness (QED) is 0.558. The lowest BCUT2D eigenvalue weighted by atomic mass is 10.1. The number of hydrogen-bond donors (Lipinski definition) is 1. The molecule has 0 fully saturated rings. The van der Waals surface area contributed by atoms with Crippen LogP contribution in [0.15, 0.2) is 67.3 Å². The highest BCUT2D eigenvalue weighted by Gasteiger charge is 2.12. The molecule has 7 heteroatoms. The lowest BCUT2D eigenvalue weighted by Gasteiger charge is -2.20. The van der Waals surface area contributed by atoms with E-state index in [0.717, 1.165) is 29.3 Å². The third-order valence-corrected chi connectivity index (χ3v) is 4.37. The fraction of sp³-hybridized carbons (Fsp3) is 0.238. The van der Waals surface area contributed by atoms with E-state index in [0.29, 0.717) is 6.54 Å². The Morgan fingerprint density at radius 3 is 2.50 bits per heavy atom. The summed E-state index contributed by atoms with van der Waals surface area (Å²) < 4.78 is 8.22. The molecule has 0 aliphatic rings. The lowest BCUT2D eigenvalue weighted by Crippen LogP contribution is -2.23. The van der Waals surface area contributed by atoms with Gasteiger partial charge < -0.3 is 14.6 Å². The highest BCUT2D eigenvalue weighted by atomic mass is 35.5. The summed E-state index contributed by atoms with van der Waals surface area (Å²) in [4.78, 5) is 15.2. The molecule has 3 rings (SSSR count). The maximum atomic E-state index is 11.1. The standard InChI is InChI=1S/C21H22ClN3O2.ClH/c1-16(26)24-19-7-10-20(11-8-19)27-21(14-25-13-12-23-15-25)9-4-17-2-5-18(22)6-3-17;/h2-3,5-8,10-13,15,21H,4,9,14H2,1H3,(H,24,26);1H. The van der Waals surface area contributed by atoms with Crippen molar-refractivity contribution in [1.82, 2.24) is 9.55 Å². The van der Waals surface area contributed by atoms with Gasteiger partial charge in [0.1, 0.15) is 11.9 Å². The van der Waals surface area contributed by atoms with Gasteiger partial charge in [0.25, 0.3) is 0 Å². The van der Waals surface area contributed by atoms with Crippen LogP contribution in [0.1, 0.15) is 18.9 Å². The van der Waals surface area contributed by atoms with Crippen LogP contribution >= 0.6 is 24.0 Å².